The van der Waals surface area contributed by atoms with E-state index in [0.29, 0.717) is 0 Å². The van der Waals surface area contributed by atoms with Gasteiger partial charge >= 0.3 is 16.3 Å². The van der Waals surface area contributed by atoms with Crippen molar-refractivity contribution in [3.63, 3.8) is 0 Å². The van der Waals surface area contributed by atoms with Crippen molar-refractivity contribution in [2.75, 3.05) is 18.0 Å². The van der Waals surface area contributed by atoms with E-state index < -0.39 is 73.6 Å². The average Bonchev–Trinajstić information content (AvgIpc) is 3.33. The Kier molecular flexibility index (Phi) is 7.81. The van der Waals surface area contributed by atoms with Crippen LogP contribution in [0, 0.1) is 0 Å². The molecule has 19 nitrogen and oxygen atoms in total. The van der Waals surface area contributed by atoms with Gasteiger partial charge < -0.3 is 26.7 Å². The summed E-state index contributed by atoms with van der Waals surface area (Å²) < 4.78 is 57.3. The third kappa shape index (κ3) is 6.19. The Bertz CT molecular complexity index is 1580. The fourth-order valence-corrected chi connectivity index (χ4v) is 6.18. The Morgan fingerprint density at radius 3 is 2.55 bits per heavy atom. The van der Waals surface area contributed by atoms with Crippen molar-refractivity contribution < 1.29 is 45.7 Å². The fraction of sp³-hybridized carbons (Fsp3) is 0.500. The molecule has 218 valence electrons. The standard InChI is InChI=1S/C18H23N9O10S3/c19-3-4-39(32,33)8-9-5-21-26(24-9)6-11-13(15(29)27(11)40(34,35)36)23-14(28)12(10-7-38-17(20)22-10)25-37-18(1-2-18)16(30)31/h5,7,11,13H,1-4,6,8,19H2,(H2,20,22)(H,23,28)(H,30,31)(H,34,35,36). The van der Waals surface area contributed by atoms with Gasteiger partial charge in [0, 0.05) is 24.8 Å². The van der Waals surface area contributed by atoms with Gasteiger partial charge in [0.1, 0.15) is 17.8 Å². The molecule has 2 unspecified atom stereocenters. The van der Waals surface area contributed by atoms with Crippen LogP contribution in [-0.2, 0) is 51.7 Å². The van der Waals surface area contributed by atoms with Gasteiger partial charge in [0.25, 0.3) is 11.8 Å². The molecule has 2 aromatic heterocycles. The molecule has 1 saturated carbocycles. The highest BCUT2D eigenvalue weighted by Crippen LogP contribution is 2.40. The molecule has 40 heavy (non-hydrogen) atoms. The number of nitrogens with zero attached hydrogens (tertiary/aromatic N) is 6. The predicted molar refractivity (Wildman–Crippen MR) is 134 cm³/mol. The third-order valence-corrected chi connectivity index (χ3v) is 9.04. The van der Waals surface area contributed by atoms with Gasteiger partial charge in [0.2, 0.25) is 5.60 Å². The Morgan fingerprint density at radius 1 is 1.30 bits per heavy atom. The molecule has 22 heteroatoms. The number of nitrogens with one attached hydrogen (secondary N) is 1. The van der Waals surface area contributed by atoms with Gasteiger partial charge in [-0.3, -0.25) is 14.1 Å². The summed E-state index contributed by atoms with van der Waals surface area (Å²) in [5, 5.41) is 24.4. The van der Waals surface area contributed by atoms with Crippen LogP contribution in [0.15, 0.2) is 16.7 Å². The molecule has 1 aliphatic heterocycles. The molecule has 2 atom stereocenters. The van der Waals surface area contributed by atoms with Crippen molar-refractivity contribution in [1.29, 1.82) is 0 Å². The van der Waals surface area contributed by atoms with Gasteiger partial charge in [0.05, 0.1) is 29.9 Å². The molecule has 1 saturated heterocycles. The summed E-state index contributed by atoms with van der Waals surface area (Å²) in [6, 6.07) is -3.00. The number of carbonyl (C=O) groups excluding carboxylic acids is 2. The number of nitrogens with two attached hydrogens (primary N) is 2. The minimum Gasteiger partial charge on any atom is -0.478 e. The molecule has 3 heterocycles. The zero-order valence-electron chi connectivity index (χ0n) is 20.3. The van der Waals surface area contributed by atoms with Gasteiger partial charge in [-0.25, -0.2) is 22.5 Å². The van der Waals surface area contributed by atoms with Gasteiger partial charge in [-0.05, 0) is 0 Å². The van der Waals surface area contributed by atoms with E-state index in [1.807, 2.05) is 0 Å². The van der Waals surface area contributed by atoms with Crippen LogP contribution in [0.25, 0.3) is 0 Å². The summed E-state index contributed by atoms with van der Waals surface area (Å²) in [5.41, 5.74) is 8.65. The minimum atomic E-state index is -5.08. The molecule has 1 aliphatic carbocycles. The van der Waals surface area contributed by atoms with Crippen molar-refractivity contribution in [1.82, 2.24) is 29.6 Å². The van der Waals surface area contributed by atoms with Crippen LogP contribution in [-0.4, -0.2) is 104 Å². The molecule has 2 aromatic rings. The minimum absolute atomic E-state index is 0.0122. The van der Waals surface area contributed by atoms with Crippen LogP contribution >= 0.6 is 11.3 Å². The lowest BCUT2D eigenvalue weighted by atomic mass is 9.98. The van der Waals surface area contributed by atoms with Crippen LogP contribution in [0.4, 0.5) is 5.13 Å². The van der Waals surface area contributed by atoms with E-state index in [-0.39, 0.29) is 46.0 Å². The zero-order chi connectivity index (χ0) is 29.5. The number of hydrogen-bond donors (Lipinski definition) is 5. The van der Waals surface area contributed by atoms with Crippen molar-refractivity contribution >= 4 is 60.1 Å². The molecule has 2 fully saturated rings. The van der Waals surface area contributed by atoms with E-state index in [9.17, 15) is 40.9 Å². The first-order valence-corrected chi connectivity index (χ1v) is 15.4. The molecule has 2 aliphatic rings. The van der Waals surface area contributed by atoms with Crippen LogP contribution in [0.1, 0.15) is 24.2 Å². The number of carbonyl (C=O) groups is 3. The quantitative estimate of drug-likeness (QED) is 0.0634. The maximum absolute atomic E-state index is 13.1. The third-order valence-electron chi connectivity index (χ3n) is 5.82. The van der Waals surface area contributed by atoms with E-state index in [0.717, 1.165) is 22.3 Å². The summed E-state index contributed by atoms with van der Waals surface area (Å²) in [5.74, 6) is -4.39. The van der Waals surface area contributed by atoms with E-state index in [2.05, 4.69) is 25.7 Å². The monoisotopic (exact) mass is 621 g/mol. The van der Waals surface area contributed by atoms with E-state index in [1.54, 1.807) is 0 Å². The van der Waals surface area contributed by atoms with Gasteiger partial charge in [-0.15, -0.1) is 11.3 Å². The first-order chi connectivity index (χ1) is 18.7. The molecular formula is C18H23N9O10S3. The SMILES string of the molecule is NCCS(=O)(=O)Cc1cnn(CC2C(NC(=O)C(=NOC3(C(=O)O)CC3)c3csc(N)n3)C(=O)N2S(=O)(=O)O)n1. The highest BCUT2D eigenvalue weighted by molar-refractivity contribution is 7.90. The topological polar surface area (TPSA) is 292 Å². The van der Waals surface area contributed by atoms with Crippen molar-refractivity contribution in [2.24, 2.45) is 10.9 Å². The van der Waals surface area contributed by atoms with Crippen LogP contribution < -0.4 is 16.8 Å². The smallest absolute Gasteiger partial charge is 0.362 e. The number of hydrogen-bond acceptors (Lipinski definition) is 15. The van der Waals surface area contributed by atoms with Crippen molar-refractivity contribution in [3.8, 4) is 0 Å². The highest BCUT2D eigenvalue weighted by Gasteiger charge is 2.56. The molecule has 0 radical (unpaired) electrons. The summed E-state index contributed by atoms with van der Waals surface area (Å²) in [6.07, 6.45) is 1.39. The second-order valence-electron chi connectivity index (χ2n) is 8.80. The molecule has 4 rings (SSSR count). The number of anilines is 1. The van der Waals surface area contributed by atoms with E-state index >= 15 is 0 Å². The number of oxime groups is 1. The number of β-lactam (4-membered cyclic amide) rings is 1. The number of thiazole rings is 1. The summed E-state index contributed by atoms with van der Waals surface area (Å²) in [7, 11) is -8.66. The van der Waals surface area contributed by atoms with Crippen molar-refractivity contribution in [2.45, 2.75) is 42.8 Å². The van der Waals surface area contributed by atoms with Crippen LogP contribution in [0.3, 0.4) is 0 Å². The second kappa shape index (κ2) is 10.7. The molecule has 0 bridgehead atoms. The summed E-state index contributed by atoms with van der Waals surface area (Å²) in [4.78, 5) is 47.1. The number of aliphatic carboxylic acids is 1. The first kappa shape index (κ1) is 29.3. The number of carboxylic acid groups (broad SMARTS) is 1. The summed E-state index contributed by atoms with van der Waals surface area (Å²) >= 11 is 0.937. The van der Waals surface area contributed by atoms with Crippen LogP contribution in [0.5, 0.6) is 0 Å². The normalized spacial score (nSPS) is 20.6. The maximum atomic E-state index is 13.1. The number of sulfone groups is 1. The first-order valence-electron chi connectivity index (χ1n) is 11.3. The van der Waals surface area contributed by atoms with Gasteiger partial charge in [-0.1, -0.05) is 5.16 Å². The maximum Gasteiger partial charge on any atom is 0.362 e. The summed E-state index contributed by atoms with van der Waals surface area (Å²) in [6.45, 7) is -0.589. The van der Waals surface area contributed by atoms with E-state index in [1.165, 1.54) is 5.38 Å². The molecule has 0 spiro atoms. The Balaban J connectivity index is 1.56. The number of carboxylic acids is 1. The lowest BCUT2D eigenvalue weighted by molar-refractivity contribution is -0.153. The predicted octanol–water partition coefficient (Wildman–Crippen LogP) is -3.27. The van der Waals surface area contributed by atoms with E-state index in [4.69, 9.17) is 16.3 Å². The molecule has 7 N–H and O–H groups in total. The highest BCUT2D eigenvalue weighted by atomic mass is 32.2. The largest absolute Gasteiger partial charge is 0.478 e. The van der Waals surface area contributed by atoms with Crippen molar-refractivity contribution in [3.05, 3.63) is 23.0 Å². The molecular weight excluding hydrogens is 598 g/mol. The zero-order valence-corrected chi connectivity index (χ0v) is 22.7. The second-order valence-corrected chi connectivity index (χ2v) is 13.2. The average molecular weight is 622 g/mol. The van der Waals surface area contributed by atoms with Gasteiger partial charge in [0.15, 0.2) is 20.7 Å². The molecule has 0 aromatic carbocycles. The Labute approximate surface area is 229 Å². The fourth-order valence-electron chi connectivity index (χ4n) is 3.67. The Hall–Kier alpha value is -3.73. The molecule has 2 amide bonds. The number of rotatable bonds is 13. The van der Waals surface area contributed by atoms with Gasteiger partial charge in [-0.2, -0.15) is 23.4 Å². The van der Waals surface area contributed by atoms with Crippen LogP contribution in [0.2, 0.25) is 0 Å². The Morgan fingerprint density at radius 2 is 2.00 bits per heavy atom. The number of amides is 2. The lowest BCUT2D eigenvalue weighted by Gasteiger charge is -2.43. The number of nitrogen functional groups attached to an aromatic ring is 1. The lowest BCUT2D eigenvalue weighted by Crippen LogP contribution is -2.73. The number of aromatic nitrogens is 4.